The highest BCUT2D eigenvalue weighted by Crippen LogP contribution is 2.28. The van der Waals surface area contributed by atoms with Crippen molar-refractivity contribution in [2.45, 2.75) is 52.4 Å². The van der Waals surface area contributed by atoms with Gasteiger partial charge in [0.1, 0.15) is 17.3 Å². The van der Waals surface area contributed by atoms with E-state index in [4.69, 9.17) is 0 Å². The Hall–Kier alpha value is -1.72. The summed E-state index contributed by atoms with van der Waals surface area (Å²) in [6.45, 7) is 19.2. The smallest absolute Gasteiger partial charge is 0.129 e. The van der Waals surface area contributed by atoms with E-state index >= 15 is 0 Å². The summed E-state index contributed by atoms with van der Waals surface area (Å²) < 4.78 is 8.87. The summed E-state index contributed by atoms with van der Waals surface area (Å²) in [4.78, 5) is 0. The number of hydrogen-bond acceptors (Lipinski definition) is 5. The lowest BCUT2D eigenvalue weighted by molar-refractivity contribution is 0.464. The van der Waals surface area contributed by atoms with E-state index in [-0.39, 0.29) is 5.41 Å². The van der Waals surface area contributed by atoms with Crippen LogP contribution in [-0.4, -0.2) is 5.11 Å². The van der Waals surface area contributed by atoms with Gasteiger partial charge >= 0.3 is 0 Å². The lowest BCUT2D eigenvalue weighted by atomic mass is 9.82. The topological polar surface area (TPSA) is 38.7 Å². The molecule has 0 saturated heterocycles. The monoisotopic (exact) mass is 410 g/mol. The van der Waals surface area contributed by atoms with E-state index in [0.29, 0.717) is 17.3 Å². The number of thiol groups is 2. The minimum Gasteiger partial charge on any atom is -0.508 e. The third kappa shape index (κ3) is 15.1. The minimum atomic E-state index is 0.165. The molecule has 0 radical (unpaired) electrons. The fourth-order valence-electron chi connectivity index (χ4n) is 1.58. The van der Waals surface area contributed by atoms with Crippen molar-refractivity contribution in [1.29, 1.82) is 0 Å². The van der Waals surface area contributed by atoms with Crippen molar-refractivity contribution in [3.05, 3.63) is 79.3 Å². The second-order valence-corrected chi connectivity index (χ2v) is 6.68. The predicted molar refractivity (Wildman–Crippen MR) is 124 cm³/mol. The summed E-state index contributed by atoms with van der Waals surface area (Å²) in [5, 5.41) is 9.27. The molecule has 0 bridgehead atoms. The van der Waals surface area contributed by atoms with Gasteiger partial charge in [-0.05, 0) is 48.1 Å². The average Bonchev–Trinajstić information content (AvgIpc) is 2.67. The second-order valence-electron chi connectivity index (χ2n) is 6.31. The SMILES string of the molecule is C=C(/C=C\C(=C)OS)OS.C=CCCC.CCC(C)(C)c1cccc(O)c1. The molecule has 0 aliphatic carbocycles. The van der Waals surface area contributed by atoms with Crippen LogP contribution in [0.25, 0.3) is 0 Å². The molecule has 0 aromatic heterocycles. The first-order valence-electron chi connectivity index (χ1n) is 8.77. The van der Waals surface area contributed by atoms with Crippen molar-refractivity contribution >= 4 is 25.8 Å². The number of allylic oxidation sites excluding steroid dienone is 3. The van der Waals surface area contributed by atoms with Gasteiger partial charge in [-0.1, -0.05) is 65.5 Å². The zero-order chi connectivity index (χ0) is 21.3. The molecule has 0 aliphatic heterocycles. The lowest BCUT2D eigenvalue weighted by Gasteiger charge is -2.23. The van der Waals surface area contributed by atoms with Crippen LogP contribution in [0.2, 0.25) is 0 Å². The Balaban J connectivity index is 0. The Bertz CT molecular complexity index is 575. The van der Waals surface area contributed by atoms with E-state index < -0.39 is 0 Å². The van der Waals surface area contributed by atoms with Gasteiger partial charge in [-0.15, -0.1) is 6.58 Å². The Morgan fingerprint density at radius 1 is 1.11 bits per heavy atom. The Morgan fingerprint density at radius 3 is 1.93 bits per heavy atom. The molecule has 0 saturated carbocycles. The number of phenols is 1. The molecular weight excluding hydrogens is 376 g/mol. The first-order chi connectivity index (χ1) is 12.7. The third-order valence-electron chi connectivity index (χ3n) is 3.69. The molecule has 1 N–H and O–H groups in total. The molecule has 0 fully saturated rings. The van der Waals surface area contributed by atoms with Crippen LogP contribution in [0.4, 0.5) is 0 Å². The van der Waals surface area contributed by atoms with E-state index in [1.807, 2.05) is 18.2 Å². The Labute approximate surface area is 176 Å². The van der Waals surface area contributed by atoms with Gasteiger partial charge in [-0.3, -0.25) is 0 Å². The lowest BCUT2D eigenvalue weighted by Crippen LogP contribution is -2.14. The molecule has 0 atom stereocenters. The summed E-state index contributed by atoms with van der Waals surface area (Å²) in [6, 6.07) is 7.49. The van der Waals surface area contributed by atoms with Crippen molar-refractivity contribution in [2.75, 3.05) is 0 Å². The van der Waals surface area contributed by atoms with Crippen LogP contribution in [0.5, 0.6) is 5.75 Å². The highest BCUT2D eigenvalue weighted by molar-refractivity contribution is 7.75. The molecule has 0 spiro atoms. The van der Waals surface area contributed by atoms with Gasteiger partial charge in [0.15, 0.2) is 0 Å². The van der Waals surface area contributed by atoms with E-state index in [0.717, 1.165) is 12.8 Å². The summed E-state index contributed by atoms with van der Waals surface area (Å²) in [6.07, 6.45) is 8.51. The van der Waals surface area contributed by atoms with Crippen molar-refractivity contribution in [3.63, 3.8) is 0 Å². The van der Waals surface area contributed by atoms with E-state index in [2.05, 4.69) is 87.7 Å². The number of aromatic hydroxyl groups is 1. The molecule has 0 unspecified atom stereocenters. The summed E-state index contributed by atoms with van der Waals surface area (Å²) in [5.41, 5.74) is 1.36. The Morgan fingerprint density at radius 2 is 1.63 bits per heavy atom. The van der Waals surface area contributed by atoms with Crippen molar-refractivity contribution in [1.82, 2.24) is 0 Å². The van der Waals surface area contributed by atoms with Crippen LogP contribution >= 0.6 is 25.8 Å². The molecule has 1 aromatic rings. The summed E-state index contributed by atoms with van der Waals surface area (Å²) >= 11 is 7.01. The van der Waals surface area contributed by atoms with Crippen LogP contribution in [0.3, 0.4) is 0 Å². The van der Waals surface area contributed by atoms with Crippen LogP contribution < -0.4 is 0 Å². The number of phenolic OH excluding ortho intramolecular Hbond substituents is 1. The molecule has 1 rings (SSSR count). The molecule has 27 heavy (non-hydrogen) atoms. The Kier molecular flexibility index (Phi) is 16.8. The molecule has 152 valence electrons. The highest BCUT2D eigenvalue weighted by atomic mass is 32.1. The van der Waals surface area contributed by atoms with Gasteiger partial charge in [0.05, 0.1) is 0 Å². The van der Waals surface area contributed by atoms with Gasteiger partial charge in [0, 0.05) is 25.8 Å². The highest BCUT2D eigenvalue weighted by Gasteiger charge is 2.17. The molecule has 3 nitrogen and oxygen atoms in total. The summed E-state index contributed by atoms with van der Waals surface area (Å²) in [5.74, 6) is 1.18. The maximum atomic E-state index is 9.27. The second kappa shape index (κ2) is 16.5. The first kappa shape index (κ1) is 27.5. The van der Waals surface area contributed by atoms with Crippen LogP contribution in [0.15, 0.2) is 73.7 Å². The number of benzene rings is 1. The first-order valence-corrected chi connectivity index (χ1v) is 9.50. The van der Waals surface area contributed by atoms with E-state index in [1.165, 1.54) is 12.0 Å². The zero-order valence-corrected chi connectivity index (χ0v) is 18.7. The maximum Gasteiger partial charge on any atom is 0.129 e. The van der Waals surface area contributed by atoms with Crippen molar-refractivity contribution in [3.8, 4) is 5.75 Å². The molecule has 5 heteroatoms. The van der Waals surface area contributed by atoms with E-state index in [1.54, 1.807) is 18.2 Å². The zero-order valence-electron chi connectivity index (χ0n) is 16.9. The normalized spacial score (nSPS) is 10.0. The molecule has 1 aromatic carbocycles. The number of hydrogen-bond donors (Lipinski definition) is 3. The third-order valence-corrected chi connectivity index (χ3v) is 4.16. The van der Waals surface area contributed by atoms with Crippen LogP contribution in [0, 0.1) is 0 Å². The molecular formula is C22H34O3S2. The van der Waals surface area contributed by atoms with Gasteiger partial charge in [-0.2, -0.15) is 0 Å². The van der Waals surface area contributed by atoms with Crippen molar-refractivity contribution in [2.24, 2.45) is 0 Å². The van der Waals surface area contributed by atoms with Gasteiger partial charge in [0.2, 0.25) is 0 Å². The van der Waals surface area contributed by atoms with Gasteiger partial charge < -0.3 is 13.5 Å². The largest absolute Gasteiger partial charge is 0.508 e. The predicted octanol–water partition coefficient (Wildman–Crippen LogP) is 7.35. The van der Waals surface area contributed by atoms with Crippen LogP contribution in [0.1, 0.15) is 52.5 Å². The maximum absolute atomic E-state index is 9.27. The average molecular weight is 411 g/mol. The van der Waals surface area contributed by atoms with Crippen LogP contribution in [-0.2, 0) is 13.8 Å². The van der Waals surface area contributed by atoms with E-state index in [9.17, 15) is 5.11 Å². The number of rotatable bonds is 8. The van der Waals surface area contributed by atoms with Crippen molar-refractivity contribution < 1.29 is 13.5 Å². The van der Waals surface area contributed by atoms with Gasteiger partial charge in [-0.25, -0.2) is 0 Å². The minimum absolute atomic E-state index is 0.165. The molecule has 0 heterocycles. The summed E-state index contributed by atoms with van der Waals surface area (Å²) in [7, 11) is 0. The number of unbranched alkanes of at least 4 members (excludes halogenated alkanes) is 1. The van der Waals surface area contributed by atoms with Gasteiger partial charge in [0.25, 0.3) is 0 Å². The molecule has 0 amide bonds. The molecule has 0 aliphatic rings. The quantitative estimate of drug-likeness (QED) is 0.138. The standard InChI is InChI=1S/C11H16O.C6H8O2S2.C5H10/c1-4-11(2,3)9-6-5-7-10(12)8-9;1-5(7-9)3-4-6(2)8-10;1-3-5-4-2/h5-8,12H,4H2,1-3H3;3-4,9-10H,1-2H2;3H,1,4-5H2,2H3/b;4-3-;. The fourth-order valence-corrected chi connectivity index (χ4v) is 1.70. The fraction of sp³-hybridized carbons (Fsp3) is 0.364.